The van der Waals surface area contributed by atoms with Crippen molar-refractivity contribution in [1.82, 2.24) is 10.3 Å². The van der Waals surface area contributed by atoms with Gasteiger partial charge in [-0.2, -0.15) is 0 Å². The SMILES string of the molecule is CCOc1cc2nonc2cc1F. The van der Waals surface area contributed by atoms with Crippen LogP contribution in [0, 0.1) is 5.82 Å². The normalized spacial score (nSPS) is 10.6. The number of rotatable bonds is 2. The topological polar surface area (TPSA) is 48.2 Å². The van der Waals surface area contributed by atoms with Crippen molar-refractivity contribution < 1.29 is 13.8 Å². The fraction of sp³-hybridized carbons (Fsp3) is 0.250. The van der Waals surface area contributed by atoms with Crippen LogP contribution in [-0.2, 0) is 0 Å². The fourth-order valence-electron chi connectivity index (χ4n) is 1.05. The Morgan fingerprint density at radius 1 is 1.38 bits per heavy atom. The lowest BCUT2D eigenvalue weighted by molar-refractivity contribution is 0.315. The molecule has 5 heteroatoms. The van der Waals surface area contributed by atoms with E-state index in [0.29, 0.717) is 17.6 Å². The Balaban J connectivity index is 2.56. The molecule has 0 saturated carbocycles. The molecule has 0 fully saturated rings. The van der Waals surface area contributed by atoms with Crippen molar-refractivity contribution in [3.63, 3.8) is 0 Å². The summed E-state index contributed by atoms with van der Waals surface area (Å²) in [7, 11) is 0. The Morgan fingerprint density at radius 2 is 2.08 bits per heavy atom. The molecule has 0 aliphatic heterocycles. The zero-order valence-corrected chi connectivity index (χ0v) is 6.95. The molecule has 1 aromatic heterocycles. The summed E-state index contributed by atoms with van der Waals surface area (Å²) in [5, 5.41) is 7.07. The van der Waals surface area contributed by atoms with Crippen molar-refractivity contribution >= 4 is 11.0 Å². The van der Waals surface area contributed by atoms with E-state index >= 15 is 0 Å². The van der Waals surface area contributed by atoms with E-state index in [-0.39, 0.29) is 5.75 Å². The first-order valence-corrected chi connectivity index (χ1v) is 3.86. The van der Waals surface area contributed by atoms with Gasteiger partial charge in [-0.1, -0.05) is 0 Å². The largest absolute Gasteiger partial charge is 0.491 e. The quantitative estimate of drug-likeness (QED) is 0.710. The molecule has 0 N–H and O–H groups in total. The predicted octanol–water partition coefficient (Wildman–Crippen LogP) is 1.76. The average Bonchev–Trinajstić information content (AvgIpc) is 2.52. The summed E-state index contributed by atoms with van der Waals surface area (Å²) in [4.78, 5) is 0. The molecule has 0 amide bonds. The van der Waals surface area contributed by atoms with Gasteiger partial charge in [0.1, 0.15) is 11.0 Å². The molecule has 2 aromatic rings. The molecular weight excluding hydrogens is 175 g/mol. The van der Waals surface area contributed by atoms with Crippen LogP contribution in [0.2, 0.25) is 0 Å². The summed E-state index contributed by atoms with van der Waals surface area (Å²) < 4.78 is 22.6. The minimum Gasteiger partial charge on any atom is -0.491 e. The number of ether oxygens (including phenoxy) is 1. The van der Waals surface area contributed by atoms with Crippen LogP contribution in [0.1, 0.15) is 6.92 Å². The third kappa shape index (κ3) is 1.32. The van der Waals surface area contributed by atoms with Gasteiger partial charge in [0.2, 0.25) is 0 Å². The van der Waals surface area contributed by atoms with Crippen LogP contribution in [0.5, 0.6) is 5.75 Å². The van der Waals surface area contributed by atoms with Crippen LogP contribution in [0.15, 0.2) is 16.8 Å². The maximum absolute atomic E-state index is 13.1. The standard InChI is InChI=1S/C8H7FN2O2/c1-2-12-8-4-7-6(3-5(8)9)10-13-11-7/h3-4H,2H2,1H3. The molecule has 0 bridgehead atoms. The smallest absolute Gasteiger partial charge is 0.167 e. The molecular formula is C8H7FN2O2. The fourth-order valence-corrected chi connectivity index (χ4v) is 1.05. The lowest BCUT2D eigenvalue weighted by atomic mass is 10.3. The zero-order valence-electron chi connectivity index (χ0n) is 6.95. The highest BCUT2D eigenvalue weighted by Gasteiger charge is 2.08. The molecule has 0 unspecified atom stereocenters. The van der Waals surface area contributed by atoms with Gasteiger partial charge in [0, 0.05) is 12.1 Å². The summed E-state index contributed by atoms with van der Waals surface area (Å²) in [5.41, 5.74) is 0.880. The van der Waals surface area contributed by atoms with Crippen molar-refractivity contribution in [3.05, 3.63) is 17.9 Å². The monoisotopic (exact) mass is 182 g/mol. The first kappa shape index (κ1) is 7.97. The molecule has 0 radical (unpaired) electrons. The summed E-state index contributed by atoms with van der Waals surface area (Å²) in [6, 6.07) is 2.70. The molecule has 4 nitrogen and oxygen atoms in total. The number of fused-ring (bicyclic) bond motifs is 1. The number of benzene rings is 1. The average molecular weight is 182 g/mol. The summed E-state index contributed by atoms with van der Waals surface area (Å²) in [6.45, 7) is 2.19. The van der Waals surface area contributed by atoms with Gasteiger partial charge >= 0.3 is 0 Å². The number of halogens is 1. The van der Waals surface area contributed by atoms with E-state index in [1.807, 2.05) is 0 Å². The van der Waals surface area contributed by atoms with E-state index in [1.165, 1.54) is 12.1 Å². The van der Waals surface area contributed by atoms with Crippen LogP contribution in [0.3, 0.4) is 0 Å². The van der Waals surface area contributed by atoms with Gasteiger partial charge in [-0.05, 0) is 17.2 Å². The molecule has 68 valence electrons. The van der Waals surface area contributed by atoms with Gasteiger partial charge in [-0.3, -0.25) is 0 Å². The van der Waals surface area contributed by atoms with Crippen LogP contribution in [0.4, 0.5) is 4.39 Å². The Kier molecular flexibility index (Phi) is 1.84. The van der Waals surface area contributed by atoms with Crippen molar-refractivity contribution in [2.24, 2.45) is 0 Å². The second-order valence-electron chi connectivity index (χ2n) is 2.47. The van der Waals surface area contributed by atoms with Gasteiger partial charge < -0.3 is 4.74 Å². The van der Waals surface area contributed by atoms with Crippen molar-refractivity contribution in [2.45, 2.75) is 6.92 Å². The third-order valence-electron chi connectivity index (χ3n) is 1.61. The summed E-state index contributed by atoms with van der Waals surface area (Å²) >= 11 is 0. The molecule has 0 atom stereocenters. The van der Waals surface area contributed by atoms with E-state index in [0.717, 1.165) is 0 Å². The summed E-state index contributed by atoms with van der Waals surface area (Å²) in [5.74, 6) is -0.282. The predicted molar refractivity (Wildman–Crippen MR) is 42.9 cm³/mol. The van der Waals surface area contributed by atoms with E-state index in [2.05, 4.69) is 14.9 Å². The molecule has 0 saturated heterocycles. The van der Waals surface area contributed by atoms with Crippen LogP contribution < -0.4 is 4.74 Å². The van der Waals surface area contributed by atoms with Crippen molar-refractivity contribution in [1.29, 1.82) is 0 Å². The van der Waals surface area contributed by atoms with Gasteiger partial charge in [-0.15, -0.1) is 0 Å². The molecule has 1 heterocycles. The highest BCUT2D eigenvalue weighted by Crippen LogP contribution is 2.22. The summed E-state index contributed by atoms with van der Waals surface area (Å²) in [6.07, 6.45) is 0. The first-order valence-electron chi connectivity index (χ1n) is 3.86. The van der Waals surface area contributed by atoms with Gasteiger partial charge in [0.15, 0.2) is 11.6 Å². The minimum absolute atomic E-state index is 0.172. The van der Waals surface area contributed by atoms with Crippen LogP contribution >= 0.6 is 0 Å². The van der Waals surface area contributed by atoms with Crippen molar-refractivity contribution in [2.75, 3.05) is 6.61 Å². The lowest BCUT2D eigenvalue weighted by Crippen LogP contribution is -1.94. The van der Waals surface area contributed by atoms with Gasteiger partial charge in [-0.25, -0.2) is 9.02 Å². The minimum atomic E-state index is -0.454. The number of hydrogen-bond donors (Lipinski definition) is 0. The zero-order chi connectivity index (χ0) is 9.26. The van der Waals surface area contributed by atoms with Gasteiger partial charge in [0.25, 0.3) is 0 Å². The number of hydrogen-bond acceptors (Lipinski definition) is 4. The maximum atomic E-state index is 13.1. The Morgan fingerprint density at radius 3 is 2.77 bits per heavy atom. The number of nitrogens with zero attached hydrogens (tertiary/aromatic N) is 2. The third-order valence-corrected chi connectivity index (χ3v) is 1.61. The van der Waals surface area contributed by atoms with E-state index < -0.39 is 5.82 Å². The van der Waals surface area contributed by atoms with E-state index in [4.69, 9.17) is 4.74 Å². The number of aromatic nitrogens is 2. The first-order chi connectivity index (χ1) is 6.31. The molecule has 0 aliphatic rings. The van der Waals surface area contributed by atoms with E-state index in [9.17, 15) is 4.39 Å². The highest BCUT2D eigenvalue weighted by atomic mass is 19.1. The molecule has 13 heavy (non-hydrogen) atoms. The van der Waals surface area contributed by atoms with E-state index in [1.54, 1.807) is 6.92 Å². The Hall–Kier alpha value is -1.65. The lowest BCUT2D eigenvalue weighted by Gasteiger charge is -2.02. The highest BCUT2D eigenvalue weighted by molar-refractivity contribution is 5.74. The van der Waals surface area contributed by atoms with Gasteiger partial charge in [0.05, 0.1) is 6.61 Å². The second kappa shape index (κ2) is 3.01. The van der Waals surface area contributed by atoms with Crippen LogP contribution in [-0.4, -0.2) is 16.9 Å². The molecule has 2 rings (SSSR count). The molecule has 0 aliphatic carbocycles. The Labute approximate surface area is 73.3 Å². The molecule has 1 aromatic carbocycles. The van der Waals surface area contributed by atoms with Crippen LogP contribution in [0.25, 0.3) is 11.0 Å². The van der Waals surface area contributed by atoms with Crippen molar-refractivity contribution in [3.8, 4) is 5.75 Å². The Bertz CT molecular complexity index is 427. The molecule has 0 spiro atoms. The second-order valence-corrected chi connectivity index (χ2v) is 2.47. The maximum Gasteiger partial charge on any atom is 0.167 e.